The number of nitrogens with zero attached hydrogens (tertiary/aromatic N) is 1. The molecular weight excluding hydrogens is 268 g/mol. The summed E-state index contributed by atoms with van der Waals surface area (Å²) >= 11 is 7.62. The number of aryl methyl sites for hydroxylation is 1. The molecule has 1 N–H and O–H groups in total. The molecule has 1 saturated heterocycles. The van der Waals surface area contributed by atoms with Crippen LogP contribution >= 0.6 is 22.9 Å². The van der Waals surface area contributed by atoms with Crippen LogP contribution in [-0.4, -0.2) is 37.5 Å². The standard InChI is InChI=1S/C13H19ClN2OS/c1-9-8-18-12(11(9)14)13(17)16-5-3-4-10(7-16)6-15-2/h8,10,15H,3-7H2,1-2H3. The van der Waals surface area contributed by atoms with Gasteiger partial charge in [0.2, 0.25) is 0 Å². The molecular formula is C13H19ClN2OS. The van der Waals surface area contributed by atoms with E-state index >= 15 is 0 Å². The molecule has 0 radical (unpaired) electrons. The molecule has 2 rings (SSSR count). The largest absolute Gasteiger partial charge is 0.338 e. The first-order valence-electron chi connectivity index (χ1n) is 6.31. The van der Waals surface area contributed by atoms with Crippen LogP contribution < -0.4 is 5.32 Å². The van der Waals surface area contributed by atoms with E-state index < -0.39 is 0 Å². The molecule has 1 aromatic heterocycles. The van der Waals surface area contributed by atoms with Crippen LogP contribution in [0.2, 0.25) is 5.02 Å². The Morgan fingerprint density at radius 3 is 3.06 bits per heavy atom. The number of halogens is 1. The molecule has 0 bridgehead atoms. The highest BCUT2D eigenvalue weighted by atomic mass is 35.5. The van der Waals surface area contributed by atoms with Crippen LogP contribution in [0.25, 0.3) is 0 Å². The fourth-order valence-electron chi connectivity index (χ4n) is 2.42. The van der Waals surface area contributed by atoms with E-state index in [1.807, 2.05) is 24.3 Å². The van der Waals surface area contributed by atoms with Gasteiger partial charge in [-0.25, -0.2) is 0 Å². The highest BCUT2D eigenvalue weighted by Gasteiger charge is 2.26. The number of nitrogens with one attached hydrogen (secondary N) is 1. The van der Waals surface area contributed by atoms with Crippen LogP contribution in [0.15, 0.2) is 5.38 Å². The Morgan fingerprint density at radius 2 is 2.44 bits per heavy atom. The quantitative estimate of drug-likeness (QED) is 0.927. The summed E-state index contributed by atoms with van der Waals surface area (Å²) < 4.78 is 0. The number of carbonyl (C=O) groups excluding carboxylic acids is 1. The summed E-state index contributed by atoms with van der Waals surface area (Å²) in [4.78, 5) is 15.1. The van der Waals surface area contributed by atoms with E-state index in [1.54, 1.807) is 0 Å². The second-order valence-electron chi connectivity index (χ2n) is 4.88. The first-order chi connectivity index (χ1) is 8.63. The Hall–Kier alpha value is -0.580. The lowest BCUT2D eigenvalue weighted by atomic mass is 9.98. The first-order valence-corrected chi connectivity index (χ1v) is 7.56. The molecule has 1 amide bonds. The molecule has 1 aromatic rings. The Labute approximate surface area is 117 Å². The van der Waals surface area contributed by atoms with Crippen molar-refractivity contribution in [3.8, 4) is 0 Å². The van der Waals surface area contributed by atoms with Crippen molar-refractivity contribution in [1.29, 1.82) is 0 Å². The predicted octanol–water partition coefficient (Wildman–Crippen LogP) is 2.78. The Balaban J connectivity index is 2.07. The Kier molecular flexibility index (Phi) is 4.65. The van der Waals surface area contributed by atoms with Crippen molar-refractivity contribution in [2.24, 2.45) is 5.92 Å². The maximum atomic E-state index is 12.4. The third-order valence-corrected chi connectivity index (χ3v) is 5.08. The summed E-state index contributed by atoms with van der Waals surface area (Å²) in [6.07, 6.45) is 2.28. The molecule has 3 nitrogen and oxygen atoms in total. The van der Waals surface area contributed by atoms with Gasteiger partial charge in [-0.3, -0.25) is 4.79 Å². The summed E-state index contributed by atoms with van der Waals surface area (Å²) in [5, 5.41) is 5.77. The average molecular weight is 287 g/mol. The normalized spacial score (nSPS) is 20.2. The van der Waals surface area contributed by atoms with Crippen molar-refractivity contribution in [2.45, 2.75) is 19.8 Å². The SMILES string of the molecule is CNCC1CCCN(C(=O)c2scc(C)c2Cl)C1. The molecule has 1 aliphatic rings. The fraction of sp³-hybridized carbons (Fsp3) is 0.615. The van der Waals surface area contributed by atoms with Gasteiger partial charge in [-0.1, -0.05) is 11.6 Å². The Bertz CT molecular complexity index is 431. The lowest BCUT2D eigenvalue weighted by Gasteiger charge is -2.32. The van der Waals surface area contributed by atoms with E-state index in [0.29, 0.717) is 15.8 Å². The van der Waals surface area contributed by atoms with Crippen molar-refractivity contribution in [3.63, 3.8) is 0 Å². The van der Waals surface area contributed by atoms with Gasteiger partial charge in [-0.05, 0) is 50.2 Å². The first kappa shape index (κ1) is 13.8. The minimum atomic E-state index is 0.0962. The van der Waals surface area contributed by atoms with Crippen LogP contribution in [0.1, 0.15) is 28.1 Å². The third-order valence-electron chi connectivity index (χ3n) is 3.39. The van der Waals surface area contributed by atoms with Crippen LogP contribution in [0.5, 0.6) is 0 Å². The van der Waals surface area contributed by atoms with Crippen LogP contribution in [-0.2, 0) is 0 Å². The van der Waals surface area contributed by atoms with E-state index in [9.17, 15) is 4.79 Å². The van der Waals surface area contributed by atoms with Crippen LogP contribution in [0, 0.1) is 12.8 Å². The monoisotopic (exact) mass is 286 g/mol. The predicted molar refractivity (Wildman–Crippen MR) is 76.6 cm³/mol. The van der Waals surface area contributed by atoms with Crippen LogP contribution in [0.3, 0.4) is 0 Å². The fourth-order valence-corrected chi connectivity index (χ4v) is 3.66. The molecule has 1 unspecified atom stereocenters. The summed E-state index contributed by atoms with van der Waals surface area (Å²) in [7, 11) is 1.96. The van der Waals surface area contributed by atoms with Crippen molar-refractivity contribution >= 4 is 28.8 Å². The molecule has 18 heavy (non-hydrogen) atoms. The topological polar surface area (TPSA) is 32.3 Å². The number of thiophene rings is 1. The lowest BCUT2D eigenvalue weighted by Crippen LogP contribution is -2.42. The molecule has 1 fully saturated rings. The van der Waals surface area contributed by atoms with E-state index in [0.717, 1.165) is 31.6 Å². The molecule has 1 atom stereocenters. The maximum Gasteiger partial charge on any atom is 0.265 e. The van der Waals surface area contributed by atoms with Crippen LogP contribution in [0.4, 0.5) is 0 Å². The van der Waals surface area contributed by atoms with E-state index in [-0.39, 0.29) is 5.91 Å². The van der Waals surface area contributed by atoms with E-state index in [4.69, 9.17) is 11.6 Å². The number of piperidine rings is 1. The zero-order valence-corrected chi connectivity index (χ0v) is 12.4. The zero-order chi connectivity index (χ0) is 13.1. The summed E-state index contributed by atoms with van der Waals surface area (Å²) in [6.45, 7) is 4.61. The lowest BCUT2D eigenvalue weighted by molar-refractivity contribution is 0.0679. The number of likely N-dealkylation sites (tertiary alicyclic amines) is 1. The molecule has 5 heteroatoms. The second kappa shape index (κ2) is 6.04. The summed E-state index contributed by atoms with van der Waals surface area (Å²) in [5.41, 5.74) is 0.994. The number of amides is 1. The smallest absolute Gasteiger partial charge is 0.265 e. The van der Waals surface area contributed by atoms with Gasteiger partial charge in [0, 0.05) is 13.1 Å². The van der Waals surface area contributed by atoms with Gasteiger partial charge >= 0.3 is 0 Å². The van der Waals surface area contributed by atoms with Gasteiger partial charge in [0.15, 0.2) is 0 Å². The molecule has 1 aliphatic heterocycles. The van der Waals surface area contributed by atoms with Gasteiger partial charge in [-0.2, -0.15) is 0 Å². The summed E-state index contributed by atoms with van der Waals surface area (Å²) in [6, 6.07) is 0. The number of hydrogen-bond acceptors (Lipinski definition) is 3. The molecule has 2 heterocycles. The molecule has 0 aliphatic carbocycles. The molecule has 0 aromatic carbocycles. The average Bonchev–Trinajstić information content (AvgIpc) is 2.70. The van der Waals surface area contributed by atoms with E-state index in [2.05, 4.69) is 5.32 Å². The Morgan fingerprint density at radius 1 is 1.67 bits per heavy atom. The highest BCUT2D eigenvalue weighted by molar-refractivity contribution is 7.13. The zero-order valence-electron chi connectivity index (χ0n) is 10.8. The highest BCUT2D eigenvalue weighted by Crippen LogP contribution is 2.29. The molecule has 100 valence electrons. The van der Waals surface area contributed by atoms with Crippen molar-refractivity contribution in [1.82, 2.24) is 10.2 Å². The minimum absolute atomic E-state index is 0.0962. The van der Waals surface area contributed by atoms with E-state index in [1.165, 1.54) is 17.8 Å². The van der Waals surface area contributed by atoms with Gasteiger partial charge in [0.1, 0.15) is 4.88 Å². The third kappa shape index (κ3) is 2.87. The van der Waals surface area contributed by atoms with Gasteiger partial charge in [0.25, 0.3) is 5.91 Å². The number of carbonyl (C=O) groups is 1. The number of hydrogen-bond donors (Lipinski definition) is 1. The molecule has 0 saturated carbocycles. The van der Waals surface area contributed by atoms with Gasteiger partial charge < -0.3 is 10.2 Å². The molecule has 0 spiro atoms. The maximum absolute atomic E-state index is 12.4. The minimum Gasteiger partial charge on any atom is -0.338 e. The van der Waals surface area contributed by atoms with Crippen molar-refractivity contribution in [3.05, 3.63) is 20.8 Å². The van der Waals surface area contributed by atoms with Gasteiger partial charge in [0.05, 0.1) is 5.02 Å². The second-order valence-corrected chi connectivity index (χ2v) is 6.14. The number of rotatable bonds is 3. The van der Waals surface area contributed by atoms with Crippen molar-refractivity contribution < 1.29 is 4.79 Å². The van der Waals surface area contributed by atoms with Gasteiger partial charge in [-0.15, -0.1) is 11.3 Å². The van der Waals surface area contributed by atoms with Crippen molar-refractivity contribution in [2.75, 3.05) is 26.7 Å². The summed E-state index contributed by atoms with van der Waals surface area (Å²) in [5.74, 6) is 0.659.